The van der Waals surface area contributed by atoms with Gasteiger partial charge in [0.2, 0.25) is 5.91 Å². The van der Waals surface area contributed by atoms with Crippen LogP contribution >= 0.6 is 11.6 Å². The number of amides is 3. The van der Waals surface area contributed by atoms with Gasteiger partial charge in [-0.05, 0) is 55.5 Å². The average molecular weight is 484 g/mol. The third kappa shape index (κ3) is 5.19. The molecule has 0 spiro atoms. The topological polar surface area (TPSA) is 86.8 Å². The molecule has 1 aliphatic carbocycles. The van der Waals surface area contributed by atoms with E-state index in [0.717, 1.165) is 45.0 Å². The van der Waals surface area contributed by atoms with Crippen LogP contribution in [0.15, 0.2) is 42.6 Å². The third-order valence-electron chi connectivity index (χ3n) is 6.99. The number of nitrogens with one attached hydrogen (secondary N) is 2. The van der Waals surface area contributed by atoms with E-state index in [1.165, 1.54) is 24.6 Å². The van der Waals surface area contributed by atoms with E-state index in [0.29, 0.717) is 23.8 Å². The minimum atomic E-state index is -0.572. The molecule has 1 saturated carbocycles. The van der Waals surface area contributed by atoms with Crippen molar-refractivity contribution < 1.29 is 14.3 Å². The summed E-state index contributed by atoms with van der Waals surface area (Å²) in [6.07, 6.45) is 5.29. The fourth-order valence-electron chi connectivity index (χ4n) is 4.90. The number of pyridine rings is 1. The highest BCUT2D eigenvalue weighted by Gasteiger charge is 2.45. The second kappa shape index (κ2) is 9.90. The lowest BCUT2D eigenvalue weighted by Crippen LogP contribution is -2.53. The number of morpholine rings is 1. The molecule has 1 aromatic heterocycles. The van der Waals surface area contributed by atoms with Crippen LogP contribution in [0.25, 0.3) is 0 Å². The lowest BCUT2D eigenvalue weighted by molar-refractivity contribution is -0.121. The number of hydrogen-bond acceptors (Lipinski definition) is 5. The Morgan fingerprint density at radius 2 is 1.88 bits per heavy atom. The van der Waals surface area contributed by atoms with Gasteiger partial charge < -0.3 is 15.0 Å². The minimum Gasteiger partial charge on any atom is -0.379 e. The number of benzene rings is 1. The Morgan fingerprint density at radius 3 is 2.56 bits per heavy atom. The first-order valence-corrected chi connectivity index (χ1v) is 12.3. The monoisotopic (exact) mass is 483 g/mol. The van der Waals surface area contributed by atoms with Crippen molar-refractivity contribution in [3.63, 3.8) is 0 Å². The first-order valence-electron chi connectivity index (χ1n) is 11.9. The van der Waals surface area contributed by atoms with Crippen molar-refractivity contribution in [3.8, 4) is 0 Å². The number of urea groups is 1. The van der Waals surface area contributed by atoms with Crippen LogP contribution in [0, 0.1) is 0 Å². The molecule has 1 unspecified atom stereocenters. The number of carbonyl (C=O) groups is 2. The van der Waals surface area contributed by atoms with Gasteiger partial charge in [0.05, 0.1) is 18.2 Å². The molecule has 1 aromatic carbocycles. The highest BCUT2D eigenvalue weighted by molar-refractivity contribution is 6.30. The molecular formula is C25H30ClN5O3. The molecule has 0 radical (unpaired) electrons. The van der Waals surface area contributed by atoms with Crippen LogP contribution in [0.5, 0.6) is 0 Å². The van der Waals surface area contributed by atoms with Gasteiger partial charge in [-0.2, -0.15) is 0 Å². The Hall–Kier alpha value is -2.68. The van der Waals surface area contributed by atoms with Crippen molar-refractivity contribution in [2.45, 2.75) is 37.1 Å². The van der Waals surface area contributed by atoms with Crippen molar-refractivity contribution >= 4 is 35.0 Å². The van der Waals surface area contributed by atoms with E-state index in [9.17, 15) is 9.59 Å². The van der Waals surface area contributed by atoms with Crippen LogP contribution in [0.4, 0.5) is 16.3 Å². The number of aromatic nitrogens is 1. The van der Waals surface area contributed by atoms with Gasteiger partial charge in [-0.15, -0.1) is 0 Å². The van der Waals surface area contributed by atoms with Crippen LogP contribution in [-0.4, -0.2) is 67.3 Å². The average Bonchev–Trinajstić information content (AvgIpc) is 3.63. The second-order valence-electron chi connectivity index (χ2n) is 9.36. The van der Waals surface area contributed by atoms with Crippen molar-refractivity contribution in [3.05, 3.63) is 53.2 Å². The number of ether oxygens (including phenoxy) is 1. The summed E-state index contributed by atoms with van der Waals surface area (Å²) in [6, 6.07) is 10.7. The van der Waals surface area contributed by atoms with E-state index in [1.54, 1.807) is 17.0 Å². The van der Waals surface area contributed by atoms with Gasteiger partial charge in [0.15, 0.2) is 0 Å². The van der Waals surface area contributed by atoms with Gasteiger partial charge in [0, 0.05) is 43.5 Å². The van der Waals surface area contributed by atoms with E-state index in [1.807, 2.05) is 12.1 Å². The maximum atomic E-state index is 13.1. The van der Waals surface area contributed by atoms with Crippen LogP contribution in [0.3, 0.4) is 0 Å². The van der Waals surface area contributed by atoms with Crippen LogP contribution < -0.4 is 15.5 Å². The lowest BCUT2D eigenvalue weighted by Gasteiger charge is -2.33. The number of rotatable bonds is 6. The molecule has 3 amide bonds. The van der Waals surface area contributed by atoms with Gasteiger partial charge >= 0.3 is 6.03 Å². The Kier molecular flexibility index (Phi) is 6.72. The Bertz CT molecular complexity index is 1020. The molecule has 2 aromatic rings. The predicted octanol–water partition coefficient (Wildman–Crippen LogP) is 3.42. The third-order valence-corrected chi connectivity index (χ3v) is 7.21. The molecule has 2 saturated heterocycles. The molecular weight excluding hydrogens is 454 g/mol. The van der Waals surface area contributed by atoms with E-state index in [4.69, 9.17) is 16.3 Å². The quantitative estimate of drug-likeness (QED) is 0.657. The molecule has 180 valence electrons. The fraction of sp³-hybridized carbons (Fsp3) is 0.480. The summed E-state index contributed by atoms with van der Waals surface area (Å²) in [7, 11) is 0. The standard InChI is InChI=1S/C25H30ClN5O3/c26-19-5-8-22(27-16-19)29-24(33)28-21-2-1-11-31(23(21)32)20-6-3-18(4-7-20)25(9-10-25)17-30-12-14-34-15-13-30/h3-8,16,21H,1-2,9-15,17H2,(H2,27,28,29,33). The molecule has 0 bridgehead atoms. The smallest absolute Gasteiger partial charge is 0.321 e. The maximum Gasteiger partial charge on any atom is 0.321 e. The first-order chi connectivity index (χ1) is 16.5. The van der Waals surface area contributed by atoms with Crippen LogP contribution in [-0.2, 0) is 14.9 Å². The highest BCUT2D eigenvalue weighted by atomic mass is 35.5. The van der Waals surface area contributed by atoms with Crippen molar-refractivity contribution in [1.29, 1.82) is 0 Å². The second-order valence-corrected chi connectivity index (χ2v) is 9.80. The summed E-state index contributed by atoms with van der Waals surface area (Å²) in [4.78, 5) is 33.9. The number of halogens is 1. The Morgan fingerprint density at radius 1 is 1.12 bits per heavy atom. The summed E-state index contributed by atoms with van der Waals surface area (Å²) in [6.45, 7) is 5.35. The molecule has 8 nitrogen and oxygen atoms in total. The summed E-state index contributed by atoms with van der Waals surface area (Å²) >= 11 is 5.83. The van der Waals surface area contributed by atoms with E-state index in [-0.39, 0.29) is 11.3 Å². The van der Waals surface area contributed by atoms with Crippen molar-refractivity contribution in [2.75, 3.05) is 49.6 Å². The van der Waals surface area contributed by atoms with E-state index in [2.05, 4.69) is 32.7 Å². The maximum absolute atomic E-state index is 13.1. The van der Waals surface area contributed by atoms with Gasteiger partial charge in [-0.3, -0.25) is 15.0 Å². The number of hydrogen-bond donors (Lipinski definition) is 2. The van der Waals surface area contributed by atoms with E-state index >= 15 is 0 Å². The number of piperidine rings is 1. The van der Waals surface area contributed by atoms with E-state index < -0.39 is 12.1 Å². The van der Waals surface area contributed by atoms with Crippen LogP contribution in [0.1, 0.15) is 31.2 Å². The van der Waals surface area contributed by atoms with Crippen LogP contribution in [0.2, 0.25) is 5.02 Å². The lowest BCUT2D eigenvalue weighted by atomic mass is 9.94. The molecule has 2 N–H and O–H groups in total. The normalized spacial score (nSPS) is 22.3. The molecule has 3 fully saturated rings. The SMILES string of the molecule is O=C(Nc1ccc(Cl)cn1)NC1CCCN(c2ccc(C3(CN4CCOCC4)CC3)cc2)C1=O. The molecule has 9 heteroatoms. The Balaban J connectivity index is 1.20. The zero-order chi connectivity index (χ0) is 23.5. The molecule has 1 atom stereocenters. The largest absolute Gasteiger partial charge is 0.379 e. The summed E-state index contributed by atoms with van der Waals surface area (Å²) in [5.74, 6) is 0.288. The molecule has 5 rings (SSSR count). The summed E-state index contributed by atoms with van der Waals surface area (Å²) in [5.41, 5.74) is 2.46. The molecule has 34 heavy (non-hydrogen) atoms. The number of carbonyl (C=O) groups excluding carboxylic acids is 2. The molecule has 2 aliphatic heterocycles. The number of nitrogens with zero attached hydrogens (tertiary/aromatic N) is 3. The number of anilines is 2. The highest BCUT2D eigenvalue weighted by Crippen LogP contribution is 2.49. The van der Waals surface area contributed by atoms with Gasteiger partial charge in [-0.1, -0.05) is 23.7 Å². The first kappa shape index (κ1) is 23.1. The zero-order valence-corrected chi connectivity index (χ0v) is 19.9. The molecule has 3 heterocycles. The zero-order valence-electron chi connectivity index (χ0n) is 19.1. The van der Waals surface area contributed by atoms with Crippen molar-refractivity contribution in [1.82, 2.24) is 15.2 Å². The van der Waals surface area contributed by atoms with Crippen molar-refractivity contribution in [2.24, 2.45) is 0 Å². The van der Waals surface area contributed by atoms with Gasteiger partial charge in [0.1, 0.15) is 11.9 Å². The van der Waals surface area contributed by atoms with Gasteiger partial charge in [-0.25, -0.2) is 9.78 Å². The predicted molar refractivity (Wildman–Crippen MR) is 131 cm³/mol. The minimum absolute atomic E-state index is 0.0901. The Labute approximate surface area is 204 Å². The van der Waals surface area contributed by atoms with Gasteiger partial charge in [0.25, 0.3) is 0 Å². The summed E-state index contributed by atoms with van der Waals surface area (Å²) in [5, 5.41) is 5.94. The summed E-state index contributed by atoms with van der Waals surface area (Å²) < 4.78 is 5.48. The molecule has 3 aliphatic rings. The fourth-order valence-corrected chi connectivity index (χ4v) is 5.01.